The van der Waals surface area contributed by atoms with Gasteiger partial charge in [-0.25, -0.2) is 0 Å². The molecular formula is C23H28O. The lowest BCUT2D eigenvalue weighted by molar-refractivity contribution is 0.116. The van der Waals surface area contributed by atoms with E-state index in [1.165, 1.54) is 44.1 Å². The van der Waals surface area contributed by atoms with Gasteiger partial charge in [0.15, 0.2) is 0 Å². The van der Waals surface area contributed by atoms with Crippen LogP contribution in [0.3, 0.4) is 0 Å². The smallest absolute Gasteiger partial charge is 0.0716 e. The first kappa shape index (κ1) is 18.3. The third kappa shape index (κ3) is 8.56. The van der Waals surface area contributed by atoms with Gasteiger partial charge in [-0.3, -0.25) is 0 Å². The standard InChI is InChI=1S/C23H28O/c1(3-5-9-15-22-16-10-7-11-17-22)2-4-6-14-20-24-21-23-18-12-8-13-19-23/h7-8,10-13,16-19H,1-6,14,20-21H2. The Morgan fingerprint density at radius 1 is 0.667 bits per heavy atom. The molecule has 0 unspecified atom stereocenters. The molecule has 0 spiro atoms. The average Bonchev–Trinajstić information content (AvgIpc) is 2.64. The SMILES string of the molecule is C(#Cc1ccccc1)CCCCCCCCOCc1ccccc1. The van der Waals surface area contributed by atoms with Gasteiger partial charge in [-0.2, -0.15) is 0 Å². The average molecular weight is 320 g/mol. The number of unbranched alkanes of at least 4 members (excludes halogenated alkanes) is 6. The fourth-order valence-corrected chi connectivity index (χ4v) is 2.57. The quantitative estimate of drug-likeness (QED) is 0.386. The Morgan fingerprint density at radius 2 is 1.29 bits per heavy atom. The van der Waals surface area contributed by atoms with Crippen LogP contribution in [-0.2, 0) is 11.3 Å². The minimum absolute atomic E-state index is 0.737. The first-order chi connectivity index (χ1) is 11.9. The van der Waals surface area contributed by atoms with Crippen LogP contribution in [0.1, 0.15) is 56.1 Å². The second-order valence-corrected chi connectivity index (χ2v) is 6.08. The highest BCUT2D eigenvalue weighted by molar-refractivity contribution is 5.33. The van der Waals surface area contributed by atoms with Gasteiger partial charge in [0.1, 0.15) is 0 Å². The lowest BCUT2D eigenvalue weighted by Crippen LogP contribution is -1.95. The second-order valence-electron chi connectivity index (χ2n) is 6.08. The van der Waals surface area contributed by atoms with Crippen molar-refractivity contribution in [1.82, 2.24) is 0 Å². The van der Waals surface area contributed by atoms with Crippen molar-refractivity contribution >= 4 is 0 Å². The first-order valence-corrected chi connectivity index (χ1v) is 9.11. The summed E-state index contributed by atoms with van der Waals surface area (Å²) in [4.78, 5) is 0. The molecular weight excluding hydrogens is 292 g/mol. The normalized spacial score (nSPS) is 10.2. The maximum absolute atomic E-state index is 5.70. The van der Waals surface area contributed by atoms with Gasteiger partial charge in [0.05, 0.1) is 6.61 Å². The van der Waals surface area contributed by atoms with Crippen LogP contribution in [-0.4, -0.2) is 6.61 Å². The molecule has 0 radical (unpaired) electrons. The summed E-state index contributed by atoms with van der Waals surface area (Å²) >= 11 is 0. The Kier molecular flexibility index (Phi) is 9.45. The van der Waals surface area contributed by atoms with Crippen LogP contribution in [0, 0.1) is 11.8 Å². The fourth-order valence-electron chi connectivity index (χ4n) is 2.57. The van der Waals surface area contributed by atoms with E-state index in [4.69, 9.17) is 4.74 Å². The number of rotatable bonds is 10. The summed E-state index contributed by atoms with van der Waals surface area (Å²) in [7, 11) is 0. The molecule has 24 heavy (non-hydrogen) atoms. The Morgan fingerprint density at radius 3 is 2.04 bits per heavy atom. The molecule has 0 aliphatic rings. The predicted molar refractivity (Wildman–Crippen MR) is 102 cm³/mol. The molecule has 0 bridgehead atoms. The minimum atomic E-state index is 0.737. The summed E-state index contributed by atoms with van der Waals surface area (Å²) in [6.45, 7) is 1.61. The van der Waals surface area contributed by atoms with Crippen molar-refractivity contribution in [2.75, 3.05) is 6.61 Å². The zero-order valence-corrected chi connectivity index (χ0v) is 14.5. The maximum Gasteiger partial charge on any atom is 0.0716 e. The number of hydrogen-bond donors (Lipinski definition) is 0. The third-order valence-electron chi connectivity index (χ3n) is 3.96. The summed E-state index contributed by atoms with van der Waals surface area (Å²) in [6.07, 6.45) is 8.56. The molecule has 0 aliphatic heterocycles. The van der Waals surface area contributed by atoms with Gasteiger partial charge in [-0.15, -0.1) is 0 Å². The molecule has 0 amide bonds. The van der Waals surface area contributed by atoms with Gasteiger partial charge in [0, 0.05) is 18.6 Å². The summed E-state index contributed by atoms with van der Waals surface area (Å²) in [6, 6.07) is 20.6. The molecule has 1 nitrogen and oxygen atoms in total. The highest BCUT2D eigenvalue weighted by atomic mass is 16.5. The van der Waals surface area contributed by atoms with E-state index in [-0.39, 0.29) is 0 Å². The monoisotopic (exact) mass is 320 g/mol. The van der Waals surface area contributed by atoms with Crippen LogP contribution in [0.15, 0.2) is 60.7 Å². The van der Waals surface area contributed by atoms with Gasteiger partial charge < -0.3 is 4.74 Å². The largest absolute Gasteiger partial charge is 0.377 e. The topological polar surface area (TPSA) is 9.23 Å². The summed E-state index contributed by atoms with van der Waals surface area (Å²) in [5.74, 6) is 6.48. The third-order valence-corrected chi connectivity index (χ3v) is 3.96. The number of benzene rings is 2. The van der Waals surface area contributed by atoms with Crippen LogP contribution in [0.5, 0.6) is 0 Å². The van der Waals surface area contributed by atoms with E-state index < -0.39 is 0 Å². The van der Waals surface area contributed by atoms with E-state index in [1.54, 1.807) is 0 Å². The molecule has 0 atom stereocenters. The van der Waals surface area contributed by atoms with Crippen LogP contribution in [0.25, 0.3) is 0 Å². The summed E-state index contributed by atoms with van der Waals surface area (Å²) < 4.78 is 5.70. The second kappa shape index (κ2) is 12.4. The zero-order valence-electron chi connectivity index (χ0n) is 14.5. The number of hydrogen-bond acceptors (Lipinski definition) is 1. The summed E-state index contributed by atoms with van der Waals surface area (Å²) in [5, 5.41) is 0. The van der Waals surface area contributed by atoms with Gasteiger partial charge in [-0.1, -0.05) is 86.1 Å². The minimum Gasteiger partial charge on any atom is -0.377 e. The highest BCUT2D eigenvalue weighted by Gasteiger charge is 1.94. The lowest BCUT2D eigenvalue weighted by Gasteiger charge is -2.04. The molecule has 2 aromatic rings. The van der Waals surface area contributed by atoms with Gasteiger partial charge in [0.2, 0.25) is 0 Å². The van der Waals surface area contributed by atoms with Gasteiger partial charge in [0.25, 0.3) is 0 Å². The van der Waals surface area contributed by atoms with Crippen molar-refractivity contribution in [3.8, 4) is 11.8 Å². The Hall–Kier alpha value is -2.04. The van der Waals surface area contributed by atoms with Gasteiger partial charge in [-0.05, 0) is 30.5 Å². The molecule has 126 valence electrons. The Labute approximate surface area is 147 Å². The molecule has 2 rings (SSSR count). The Bertz CT molecular complexity index is 592. The molecule has 0 N–H and O–H groups in total. The van der Waals surface area contributed by atoms with Crippen molar-refractivity contribution < 1.29 is 4.74 Å². The summed E-state index contributed by atoms with van der Waals surface area (Å²) in [5.41, 5.74) is 2.38. The molecule has 0 saturated carbocycles. The highest BCUT2D eigenvalue weighted by Crippen LogP contribution is 2.08. The van der Waals surface area contributed by atoms with Crippen molar-refractivity contribution in [3.63, 3.8) is 0 Å². The van der Waals surface area contributed by atoms with Crippen LogP contribution >= 0.6 is 0 Å². The fraction of sp³-hybridized carbons (Fsp3) is 0.391. The van der Waals surface area contributed by atoms with E-state index in [1.807, 2.05) is 24.3 Å². The molecule has 0 aliphatic carbocycles. The maximum atomic E-state index is 5.70. The molecule has 1 heteroatoms. The van der Waals surface area contributed by atoms with Crippen molar-refractivity contribution in [3.05, 3.63) is 71.8 Å². The van der Waals surface area contributed by atoms with Crippen molar-refractivity contribution in [2.24, 2.45) is 0 Å². The lowest BCUT2D eigenvalue weighted by atomic mass is 10.1. The van der Waals surface area contributed by atoms with Crippen LogP contribution in [0.2, 0.25) is 0 Å². The molecule has 0 aromatic heterocycles. The van der Waals surface area contributed by atoms with Crippen molar-refractivity contribution in [1.29, 1.82) is 0 Å². The van der Waals surface area contributed by atoms with Gasteiger partial charge >= 0.3 is 0 Å². The molecule has 0 saturated heterocycles. The van der Waals surface area contributed by atoms with Crippen LogP contribution in [0.4, 0.5) is 0 Å². The first-order valence-electron chi connectivity index (χ1n) is 9.11. The van der Waals surface area contributed by atoms with Crippen molar-refractivity contribution in [2.45, 2.75) is 51.6 Å². The van der Waals surface area contributed by atoms with E-state index in [0.717, 1.165) is 25.2 Å². The molecule has 0 fully saturated rings. The van der Waals surface area contributed by atoms with E-state index in [2.05, 4.69) is 48.2 Å². The predicted octanol–water partition coefficient (Wildman–Crippen LogP) is 5.99. The van der Waals surface area contributed by atoms with Crippen LogP contribution < -0.4 is 0 Å². The van der Waals surface area contributed by atoms with E-state index in [0.29, 0.717) is 0 Å². The number of ether oxygens (including phenoxy) is 1. The zero-order chi connectivity index (χ0) is 16.7. The molecule has 2 aromatic carbocycles. The Balaban J connectivity index is 1.37. The van der Waals surface area contributed by atoms with E-state index in [9.17, 15) is 0 Å². The van der Waals surface area contributed by atoms with E-state index >= 15 is 0 Å². The molecule has 0 heterocycles.